The second-order valence-corrected chi connectivity index (χ2v) is 5.34. The standard InChI is InChI=1S/C16H15NO4/c1-16(20,15(19)21-2)9-17-12-8-4-6-10-5-3-7-11(13(10)12)14(17)18/h3-8,20H,9H2,1-2H3. The van der Waals surface area contributed by atoms with E-state index in [1.54, 1.807) is 6.07 Å². The minimum absolute atomic E-state index is 0.147. The van der Waals surface area contributed by atoms with Crippen molar-refractivity contribution < 1.29 is 19.4 Å². The molecule has 1 aliphatic rings. The Morgan fingerprint density at radius 3 is 2.62 bits per heavy atom. The maximum Gasteiger partial charge on any atom is 0.339 e. The molecule has 1 unspecified atom stereocenters. The molecule has 0 aliphatic carbocycles. The van der Waals surface area contributed by atoms with Crippen molar-refractivity contribution in [2.45, 2.75) is 12.5 Å². The summed E-state index contributed by atoms with van der Waals surface area (Å²) in [6, 6.07) is 11.1. The number of hydrogen-bond donors (Lipinski definition) is 1. The fraction of sp³-hybridized carbons (Fsp3) is 0.250. The first kappa shape index (κ1) is 13.6. The van der Waals surface area contributed by atoms with E-state index in [9.17, 15) is 14.7 Å². The van der Waals surface area contributed by atoms with Crippen LogP contribution in [-0.2, 0) is 9.53 Å². The van der Waals surface area contributed by atoms with Crippen LogP contribution in [0.4, 0.5) is 5.69 Å². The van der Waals surface area contributed by atoms with Crippen LogP contribution in [0.25, 0.3) is 10.8 Å². The molecule has 1 amide bonds. The van der Waals surface area contributed by atoms with Crippen molar-refractivity contribution in [3.8, 4) is 0 Å². The third-order valence-electron chi connectivity index (χ3n) is 3.74. The zero-order chi connectivity index (χ0) is 15.2. The number of hydrogen-bond acceptors (Lipinski definition) is 4. The van der Waals surface area contributed by atoms with Gasteiger partial charge in [-0.15, -0.1) is 0 Å². The van der Waals surface area contributed by atoms with E-state index in [1.807, 2.05) is 30.3 Å². The highest BCUT2D eigenvalue weighted by Gasteiger charge is 2.39. The largest absolute Gasteiger partial charge is 0.467 e. The van der Waals surface area contributed by atoms with Crippen LogP contribution in [0.15, 0.2) is 36.4 Å². The number of amides is 1. The fourth-order valence-electron chi connectivity index (χ4n) is 2.73. The molecule has 0 radical (unpaired) electrons. The predicted octanol–water partition coefficient (Wildman–Crippen LogP) is 1.72. The van der Waals surface area contributed by atoms with Crippen molar-refractivity contribution in [3.63, 3.8) is 0 Å². The molecule has 1 heterocycles. The van der Waals surface area contributed by atoms with Crippen LogP contribution in [0.5, 0.6) is 0 Å². The van der Waals surface area contributed by atoms with Gasteiger partial charge in [-0.2, -0.15) is 0 Å². The number of nitrogens with zero attached hydrogens (tertiary/aromatic N) is 1. The van der Waals surface area contributed by atoms with Crippen LogP contribution in [0.1, 0.15) is 17.3 Å². The van der Waals surface area contributed by atoms with Gasteiger partial charge in [0, 0.05) is 10.9 Å². The molecule has 1 atom stereocenters. The minimum Gasteiger partial charge on any atom is -0.467 e. The summed E-state index contributed by atoms with van der Waals surface area (Å²) in [5.41, 5.74) is -0.463. The number of aliphatic hydroxyl groups is 1. The van der Waals surface area contributed by atoms with Gasteiger partial charge in [0.1, 0.15) is 0 Å². The first-order valence-electron chi connectivity index (χ1n) is 6.60. The van der Waals surface area contributed by atoms with Crippen LogP contribution >= 0.6 is 0 Å². The Hall–Kier alpha value is -2.40. The van der Waals surface area contributed by atoms with Crippen LogP contribution in [0.2, 0.25) is 0 Å². The monoisotopic (exact) mass is 285 g/mol. The predicted molar refractivity (Wildman–Crippen MR) is 78.3 cm³/mol. The van der Waals surface area contributed by atoms with Crippen LogP contribution in [0, 0.1) is 0 Å². The molecule has 0 bridgehead atoms. The van der Waals surface area contributed by atoms with Gasteiger partial charge in [0.05, 0.1) is 19.3 Å². The molecule has 0 aromatic heterocycles. The molecule has 5 nitrogen and oxygen atoms in total. The minimum atomic E-state index is -1.76. The second-order valence-electron chi connectivity index (χ2n) is 5.34. The quantitative estimate of drug-likeness (QED) is 0.872. The van der Waals surface area contributed by atoms with Gasteiger partial charge in [-0.3, -0.25) is 4.79 Å². The summed E-state index contributed by atoms with van der Waals surface area (Å²) in [4.78, 5) is 25.6. The number of carbonyl (C=O) groups excluding carboxylic acids is 2. The van der Waals surface area contributed by atoms with Crippen molar-refractivity contribution in [3.05, 3.63) is 42.0 Å². The summed E-state index contributed by atoms with van der Waals surface area (Å²) in [6.45, 7) is 1.20. The van der Waals surface area contributed by atoms with Gasteiger partial charge < -0.3 is 14.7 Å². The van der Waals surface area contributed by atoms with Gasteiger partial charge in [-0.1, -0.05) is 24.3 Å². The van der Waals surface area contributed by atoms with Crippen LogP contribution in [-0.4, -0.2) is 36.2 Å². The van der Waals surface area contributed by atoms with Crippen molar-refractivity contribution in [2.24, 2.45) is 0 Å². The lowest BCUT2D eigenvalue weighted by Crippen LogP contribution is -2.48. The van der Waals surface area contributed by atoms with E-state index in [2.05, 4.69) is 4.74 Å². The Bertz CT molecular complexity index is 746. The number of carbonyl (C=O) groups is 2. The highest BCUT2D eigenvalue weighted by molar-refractivity contribution is 6.25. The molecule has 1 N–H and O–H groups in total. The maximum atomic E-state index is 12.5. The molecule has 2 aromatic rings. The molecule has 0 fully saturated rings. The number of rotatable bonds is 3. The average molecular weight is 285 g/mol. The number of methoxy groups -OCH3 is 1. The Balaban J connectivity index is 2.06. The van der Waals surface area contributed by atoms with E-state index in [4.69, 9.17) is 0 Å². The fourth-order valence-corrected chi connectivity index (χ4v) is 2.73. The van der Waals surface area contributed by atoms with Gasteiger partial charge in [0.2, 0.25) is 0 Å². The number of β-amino-alcohol motifs (C(OH)–C–C–N with tert-alkyl or cyclic N) is 1. The third-order valence-corrected chi connectivity index (χ3v) is 3.74. The topological polar surface area (TPSA) is 66.8 Å². The molecule has 21 heavy (non-hydrogen) atoms. The lowest BCUT2D eigenvalue weighted by Gasteiger charge is -2.27. The van der Waals surface area contributed by atoms with Crippen molar-refractivity contribution >= 4 is 28.3 Å². The lowest BCUT2D eigenvalue weighted by molar-refractivity contribution is -0.159. The summed E-state index contributed by atoms with van der Waals surface area (Å²) in [7, 11) is 1.21. The second kappa shape index (κ2) is 4.56. The molecular weight excluding hydrogens is 270 g/mol. The molecular formula is C16H15NO4. The zero-order valence-electron chi connectivity index (χ0n) is 11.8. The Morgan fingerprint density at radius 1 is 1.29 bits per heavy atom. The van der Waals surface area contributed by atoms with Crippen molar-refractivity contribution in [2.75, 3.05) is 18.6 Å². The van der Waals surface area contributed by atoms with Crippen LogP contribution in [0.3, 0.4) is 0 Å². The van der Waals surface area contributed by atoms with Gasteiger partial charge in [0.25, 0.3) is 5.91 Å². The smallest absolute Gasteiger partial charge is 0.339 e. The summed E-state index contributed by atoms with van der Waals surface area (Å²) >= 11 is 0. The van der Waals surface area contributed by atoms with Crippen molar-refractivity contribution in [1.29, 1.82) is 0 Å². The van der Waals surface area contributed by atoms with Gasteiger partial charge in [-0.05, 0) is 24.4 Å². The molecule has 108 valence electrons. The first-order chi connectivity index (χ1) is 9.95. The lowest BCUT2D eigenvalue weighted by atomic mass is 10.1. The summed E-state index contributed by atoms with van der Waals surface area (Å²) in [6.07, 6.45) is 0. The zero-order valence-corrected chi connectivity index (χ0v) is 11.8. The van der Waals surface area contributed by atoms with E-state index < -0.39 is 11.6 Å². The molecule has 5 heteroatoms. The highest BCUT2D eigenvalue weighted by Crippen LogP contribution is 2.37. The van der Waals surface area contributed by atoms with Gasteiger partial charge in [-0.25, -0.2) is 4.79 Å². The average Bonchev–Trinajstić information content (AvgIpc) is 2.74. The maximum absolute atomic E-state index is 12.5. The highest BCUT2D eigenvalue weighted by atomic mass is 16.5. The Labute approximate surface area is 121 Å². The van der Waals surface area contributed by atoms with Crippen molar-refractivity contribution in [1.82, 2.24) is 0 Å². The Morgan fingerprint density at radius 2 is 1.95 bits per heavy atom. The molecule has 2 aromatic carbocycles. The molecule has 0 spiro atoms. The van der Waals surface area contributed by atoms with E-state index in [0.717, 1.165) is 10.8 Å². The van der Waals surface area contributed by atoms with Gasteiger partial charge in [0.15, 0.2) is 5.60 Å². The molecule has 1 aliphatic heterocycles. The third kappa shape index (κ3) is 1.97. The van der Waals surface area contributed by atoms with E-state index >= 15 is 0 Å². The normalized spacial score (nSPS) is 16.1. The molecule has 0 saturated carbocycles. The van der Waals surface area contributed by atoms with Crippen LogP contribution < -0.4 is 4.90 Å². The number of esters is 1. The SMILES string of the molecule is COC(=O)C(C)(O)CN1C(=O)c2cccc3cccc1c23. The van der Waals surface area contributed by atoms with E-state index in [-0.39, 0.29) is 12.5 Å². The first-order valence-corrected chi connectivity index (χ1v) is 6.60. The van der Waals surface area contributed by atoms with E-state index in [1.165, 1.54) is 18.9 Å². The number of anilines is 1. The summed E-state index contributed by atoms with van der Waals surface area (Å²) in [5, 5.41) is 12.0. The molecule has 0 saturated heterocycles. The number of benzene rings is 2. The Kier molecular flexibility index (Phi) is 2.95. The summed E-state index contributed by atoms with van der Waals surface area (Å²) < 4.78 is 4.58. The van der Waals surface area contributed by atoms with Gasteiger partial charge >= 0.3 is 5.97 Å². The van der Waals surface area contributed by atoms with E-state index in [0.29, 0.717) is 11.3 Å². The summed E-state index contributed by atoms with van der Waals surface area (Å²) in [5.74, 6) is -0.982. The number of ether oxygens (including phenoxy) is 1. The molecule has 3 rings (SSSR count).